The minimum Gasteiger partial charge on any atom is -0.394 e. The first-order chi connectivity index (χ1) is 18.9. The second-order valence-electron chi connectivity index (χ2n) is 8.92. The number of halogens is 2. The van der Waals surface area contributed by atoms with Gasteiger partial charge in [-0.05, 0) is 55.0 Å². The molecule has 1 heterocycles. The minimum absolute atomic E-state index is 0.0671. The Hall–Kier alpha value is -3.42. The van der Waals surface area contributed by atoms with E-state index in [1.54, 1.807) is 61.7 Å². The van der Waals surface area contributed by atoms with Gasteiger partial charge in [-0.2, -0.15) is 4.98 Å². The molecule has 0 amide bonds. The van der Waals surface area contributed by atoms with Gasteiger partial charge in [0.25, 0.3) is 10.0 Å². The topological polar surface area (TPSA) is 157 Å². The molecule has 2 atom stereocenters. The van der Waals surface area contributed by atoms with Gasteiger partial charge in [-0.25, -0.2) is 22.4 Å². The lowest BCUT2D eigenvalue weighted by molar-refractivity contribution is 0.281. The molecule has 0 aliphatic heterocycles. The maximum absolute atomic E-state index is 12.9. The van der Waals surface area contributed by atoms with Crippen molar-refractivity contribution in [3.05, 3.63) is 83.0 Å². The summed E-state index contributed by atoms with van der Waals surface area (Å²) in [5, 5.41) is 15.9. The van der Waals surface area contributed by atoms with E-state index in [1.165, 1.54) is 24.5 Å². The monoisotopic (exact) mass is 620 g/mol. The van der Waals surface area contributed by atoms with Crippen LogP contribution in [0.1, 0.15) is 6.92 Å². The number of aliphatic hydroxyl groups is 1. The molecule has 3 aromatic carbocycles. The van der Waals surface area contributed by atoms with Gasteiger partial charge in [-0.1, -0.05) is 47.5 Å². The van der Waals surface area contributed by atoms with Crippen LogP contribution in [0.2, 0.25) is 10.0 Å². The zero-order chi connectivity index (χ0) is 29.1. The van der Waals surface area contributed by atoms with Crippen molar-refractivity contribution >= 4 is 66.1 Å². The van der Waals surface area contributed by atoms with E-state index in [0.717, 1.165) is 0 Å². The number of aromatic nitrogens is 2. The first-order valence-corrected chi connectivity index (χ1v) is 16.0. The van der Waals surface area contributed by atoms with Crippen molar-refractivity contribution in [3.63, 3.8) is 0 Å². The molecule has 14 heteroatoms. The Balaban J connectivity index is 1.62. The third kappa shape index (κ3) is 7.01. The maximum Gasteiger partial charge on any atom is 0.263 e. The average molecular weight is 622 g/mol. The van der Waals surface area contributed by atoms with Crippen molar-refractivity contribution in [2.75, 3.05) is 28.2 Å². The molecule has 2 unspecified atom stereocenters. The molecule has 0 aliphatic rings. The first-order valence-electron chi connectivity index (χ1n) is 11.8. The molecule has 40 heavy (non-hydrogen) atoms. The molecule has 10 nitrogen and oxygen atoms in total. The van der Waals surface area contributed by atoms with E-state index < -0.39 is 19.8 Å². The fraction of sp³-hybridized carbons (Fsp3) is 0.154. The van der Waals surface area contributed by atoms with Crippen LogP contribution in [0.5, 0.6) is 0 Å². The number of sulfonamides is 1. The van der Waals surface area contributed by atoms with Crippen molar-refractivity contribution in [2.24, 2.45) is 0 Å². The first kappa shape index (κ1) is 29.6. The van der Waals surface area contributed by atoms with E-state index in [9.17, 15) is 17.7 Å². The number of nitrogens with one attached hydrogen (secondary N) is 4. The molecule has 4 aromatic rings. The smallest absolute Gasteiger partial charge is 0.263 e. The quantitative estimate of drug-likeness (QED) is 0.148. The lowest BCUT2D eigenvalue weighted by Gasteiger charge is -2.17. The Kier molecular flexibility index (Phi) is 8.86. The summed E-state index contributed by atoms with van der Waals surface area (Å²) in [6.07, 6.45) is 2.93. The molecule has 0 fully saturated rings. The van der Waals surface area contributed by atoms with Crippen molar-refractivity contribution < 1.29 is 17.7 Å². The molecule has 4 rings (SSSR count). The van der Waals surface area contributed by atoms with E-state index in [2.05, 4.69) is 25.3 Å². The lowest BCUT2D eigenvalue weighted by atomic mass is 10.1. The average Bonchev–Trinajstić information content (AvgIpc) is 2.90. The van der Waals surface area contributed by atoms with Gasteiger partial charge < -0.3 is 15.7 Å². The zero-order valence-electron chi connectivity index (χ0n) is 21.4. The summed E-state index contributed by atoms with van der Waals surface area (Å²) in [7, 11) is -6.89. The Morgan fingerprint density at radius 1 is 1.00 bits per heavy atom. The van der Waals surface area contributed by atoms with E-state index in [0.29, 0.717) is 33.2 Å². The maximum atomic E-state index is 12.9. The number of hydrogen-bond donors (Lipinski definition) is 5. The van der Waals surface area contributed by atoms with Gasteiger partial charge in [0, 0.05) is 40.3 Å². The van der Waals surface area contributed by atoms with Gasteiger partial charge in [-0.3, -0.25) is 4.72 Å². The third-order valence-corrected chi connectivity index (χ3v) is 9.15. The summed E-state index contributed by atoms with van der Waals surface area (Å²) < 4.78 is 48.2. The van der Waals surface area contributed by atoms with E-state index in [1.807, 2.05) is 0 Å². The number of anilines is 4. The SMILES string of the molecule is CC(CO)Nc1nc(Nc2cccc(S(C)(=N)=O)c2)ncc1-c1ccc(NS(=O)(=O)c2cccc(Cl)c2Cl)cc1. The largest absolute Gasteiger partial charge is 0.394 e. The molecule has 210 valence electrons. The summed E-state index contributed by atoms with van der Waals surface area (Å²) in [5.41, 5.74) is 2.16. The second kappa shape index (κ2) is 12.0. The summed E-state index contributed by atoms with van der Waals surface area (Å²) in [6, 6.07) is 17.3. The van der Waals surface area contributed by atoms with Crippen molar-refractivity contribution in [3.8, 4) is 11.1 Å². The van der Waals surface area contributed by atoms with Gasteiger partial charge >= 0.3 is 0 Å². The van der Waals surface area contributed by atoms with E-state index in [4.69, 9.17) is 28.0 Å². The van der Waals surface area contributed by atoms with E-state index in [-0.39, 0.29) is 33.5 Å². The van der Waals surface area contributed by atoms with Gasteiger partial charge in [0.1, 0.15) is 10.7 Å². The predicted molar refractivity (Wildman–Crippen MR) is 160 cm³/mol. The Morgan fingerprint density at radius 2 is 1.70 bits per heavy atom. The molecule has 5 N–H and O–H groups in total. The highest BCUT2D eigenvalue weighted by atomic mass is 35.5. The number of rotatable bonds is 10. The Bertz CT molecular complexity index is 1750. The third-order valence-electron chi connectivity index (χ3n) is 5.64. The van der Waals surface area contributed by atoms with Crippen LogP contribution in [0.15, 0.2) is 82.7 Å². The Labute approximate surface area is 242 Å². The normalized spacial score (nSPS) is 13.7. The predicted octanol–water partition coefficient (Wildman–Crippen LogP) is 5.82. The molecule has 0 aliphatic carbocycles. The highest BCUT2D eigenvalue weighted by Crippen LogP contribution is 2.32. The van der Waals surface area contributed by atoms with Crippen molar-refractivity contribution in [1.29, 1.82) is 4.78 Å². The van der Waals surface area contributed by atoms with Gasteiger partial charge in [0.05, 0.1) is 26.4 Å². The Morgan fingerprint density at radius 3 is 2.38 bits per heavy atom. The molecule has 0 spiro atoms. The zero-order valence-corrected chi connectivity index (χ0v) is 24.5. The number of hydrogen-bond acceptors (Lipinski definition) is 9. The molecule has 0 radical (unpaired) electrons. The van der Waals surface area contributed by atoms with Gasteiger partial charge in [0.2, 0.25) is 5.95 Å². The molecular formula is C26H26Cl2N6O4S2. The van der Waals surface area contributed by atoms with Crippen molar-refractivity contribution in [2.45, 2.75) is 22.8 Å². The van der Waals surface area contributed by atoms with Crippen LogP contribution in [0.4, 0.5) is 23.1 Å². The fourth-order valence-corrected chi connectivity index (χ4v) is 6.12. The van der Waals surface area contributed by atoms with Crippen LogP contribution in [0.25, 0.3) is 11.1 Å². The summed E-state index contributed by atoms with van der Waals surface area (Å²) >= 11 is 12.1. The fourth-order valence-electron chi connectivity index (χ4n) is 3.61. The summed E-state index contributed by atoms with van der Waals surface area (Å²) in [5.74, 6) is 0.665. The van der Waals surface area contributed by atoms with Crippen LogP contribution in [-0.2, 0) is 19.8 Å². The molecule has 1 aromatic heterocycles. The van der Waals surface area contributed by atoms with Crippen LogP contribution >= 0.6 is 23.2 Å². The van der Waals surface area contributed by atoms with Crippen LogP contribution in [0, 0.1) is 4.78 Å². The lowest BCUT2D eigenvalue weighted by Crippen LogP contribution is -2.21. The second-order valence-corrected chi connectivity index (χ2v) is 13.5. The number of aliphatic hydroxyl groups excluding tert-OH is 1. The van der Waals surface area contributed by atoms with Gasteiger partial charge in [0.15, 0.2) is 0 Å². The highest BCUT2D eigenvalue weighted by molar-refractivity contribution is 7.93. The number of benzene rings is 3. The highest BCUT2D eigenvalue weighted by Gasteiger charge is 2.20. The minimum atomic E-state index is -3.99. The molecule has 0 saturated heterocycles. The van der Waals surface area contributed by atoms with Crippen molar-refractivity contribution in [1.82, 2.24) is 9.97 Å². The van der Waals surface area contributed by atoms with Crippen LogP contribution in [0.3, 0.4) is 0 Å². The van der Waals surface area contributed by atoms with Crippen LogP contribution < -0.4 is 15.4 Å². The van der Waals surface area contributed by atoms with Gasteiger partial charge in [-0.15, -0.1) is 0 Å². The van der Waals surface area contributed by atoms with E-state index >= 15 is 0 Å². The summed E-state index contributed by atoms with van der Waals surface area (Å²) in [4.78, 5) is 9.19. The standard InChI is InChI=1S/C26H26Cl2N6O4S2/c1-16(15-35)31-25-21(14-30-26(33-25)32-19-5-3-6-20(13-19)39(2,29)36)17-9-11-18(12-10-17)34-40(37,38)23-8-4-7-22(27)24(23)28/h3-14,16,29,34-35H,15H2,1-2H3,(H2,30,31,32,33). The molecule has 0 saturated carbocycles. The molecular weight excluding hydrogens is 595 g/mol. The molecule has 0 bridgehead atoms. The number of nitrogens with zero attached hydrogens (tertiary/aromatic N) is 2. The summed E-state index contributed by atoms with van der Waals surface area (Å²) in [6.45, 7) is 1.64. The van der Waals surface area contributed by atoms with Crippen LogP contribution in [-0.4, -0.2) is 46.6 Å².